The van der Waals surface area contributed by atoms with Gasteiger partial charge in [-0.3, -0.25) is 9.59 Å². The molecule has 0 amide bonds. The molecule has 132 valence electrons. The van der Waals surface area contributed by atoms with E-state index in [9.17, 15) is 9.59 Å². The first-order valence-electron chi connectivity index (χ1n) is 7.89. The molecule has 0 aliphatic heterocycles. The molecule has 1 unspecified atom stereocenters. The second-order valence-corrected chi connectivity index (χ2v) is 7.54. The molecule has 0 aromatic carbocycles. The van der Waals surface area contributed by atoms with Gasteiger partial charge in [0, 0.05) is 15.8 Å². The molecule has 0 bridgehead atoms. The van der Waals surface area contributed by atoms with Crippen LogP contribution in [0.15, 0.2) is 50.5 Å². The van der Waals surface area contributed by atoms with Crippen molar-refractivity contribution in [1.82, 2.24) is 9.97 Å². The molecule has 1 atom stereocenters. The van der Waals surface area contributed by atoms with Crippen molar-refractivity contribution in [2.75, 3.05) is 0 Å². The molecule has 4 aromatic rings. The van der Waals surface area contributed by atoms with Crippen LogP contribution in [0, 0.1) is 0 Å². The zero-order chi connectivity index (χ0) is 18.1. The van der Waals surface area contributed by atoms with Gasteiger partial charge in [-0.15, -0.1) is 22.7 Å². The summed E-state index contributed by atoms with van der Waals surface area (Å²) in [6, 6.07) is 7.33. The van der Waals surface area contributed by atoms with E-state index in [0.717, 1.165) is 4.88 Å². The minimum atomic E-state index is -0.645. The standard InChI is InChI=1S/C18H14N2O4S2/c1-10(24-14(21)8-11-4-3-7-25-11)16-19-17(22)15-12(9-26-18(15)20-16)13-5-2-6-23-13/h2-7,9-10H,8H2,1H3,(H,19,20,22). The van der Waals surface area contributed by atoms with Crippen LogP contribution in [0.25, 0.3) is 21.5 Å². The first-order chi connectivity index (χ1) is 12.6. The molecule has 4 rings (SSSR count). The average molecular weight is 386 g/mol. The van der Waals surface area contributed by atoms with E-state index in [-0.39, 0.29) is 17.9 Å². The summed E-state index contributed by atoms with van der Waals surface area (Å²) in [4.78, 5) is 33.3. The minimum absolute atomic E-state index is 0.204. The van der Waals surface area contributed by atoms with Gasteiger partial charge in [0.1, 0.15) is 10.6 Å². The van der Waals surface area contributed by atoms with Crippen molar-refractivity contribution in [3.63, 3.8) is 0 Å². The summed E-state index contributed by atoms with van der Waals surface area (Å²) < 4.78 is 10.8. The number of esters is 1. The SMILES string of the molecule is CC(OC(=O)Cc1cccs1)c1nc2scc(-c3ccco3)c2c(=O)[nH]1. The van der Waals surface area contributed by atoms with E-state index < -0.39 is 6.10 Å². The van der Waals surface area contributed by atoms with Gasteiger partial charge in [-0.2, -0.15) is 0 Å². The molecular weight excluding hydrogens is 372 g/mol. The number of furan rings is 1. The fourth-order valence-corrected chi connectivity index (χ4v) is 4.25. The zero-order valence-electron chi connectivity index (χ0n) is 13.7. The Morgan fingerprint density at radius 3 is 2.96 bits per heavy atom. The second kappa shape index (κ2) is 6.89. The summed E-state index contributed by atoms with van der Waals surface area (Å²) in [5, 5.41) is 4.22. The van der Waals surface area contributed by atoms with Crippen LogP contribution in [0.4, 0.5) is 0 Å². The van der Waals surface area contributed by atoms with Crippen molar-refractivity contribution >= 4 is 38.9 Å². The van der Waals surface area contributed by atoms with Crippen LogP contribution in [0.1, 0.15) is 23.7 Å². The summed E-state index contributed by atoms with van der Waals surface area (Å²) in [6.07, 6.45) is 1.12. The molecule has 0 saturated heterocycles. The molecule has 0 spiro atoms. The quantitative estimate of drug-likeness (QED) is 0.521. The third kappa shape index (κ3) is 3.21. The van der Waals surface area contributed by atoms with Crippen LogP contribution in [-0.2, 0) is 16.0 Å². The highest BCUT2D eigenvalue weighted by Crippen LogP contribution is 2.31. The van der Waals surface area contributed by atoms with Gasteiger partial charge in [0.25, 0.3) is 5.56 Å². The number of thiophene rings is 2. The molecule has 0 radical (unpaired) electrons. The largest absolute Gasteiger partial charge is 0.464 e. The topological polar surface area (TPSA) is 85.2 Å². The number of hydrogen-bond donors (Lipinski definition) is 1. The summed E-state index contributed by atoms with van der Waals surface area (Å²) >= 11 is 2.85. The van der Waals surface area contributed by atoms with E-state index in [2.05, 4.69) is 9.97 Å². The Hall–Kier alpha value is -2.71. The van der Waals surface area contributed by atoms with E-state index >= 15 is 0 Å². The Balaban J connectivity index is 1.59. The summed E-state index contributed by atoms with van der Waals surface area (Å²) in [7, 11) is 0. The number of ether oxygens (including phenoxy) is 1. The molecule has 0 aliphatic rings. The fraction of sp³-hybridized carbons (Fsp3) is 0.167. The number of aromatic nitrogens is 2. The number of rotatable bonds is 5. The lowest BCUT2D eigenvalue weighted by molar-refractivity contribution is -0.148. The number of fused-ring (bicyclic) bond motifs is 1. The molecule has 0 saturated carbocycles. The molecule has 8 heteroatoms. The smallest absolute Gasteiger partial charge is 0.311 e. The highest BCUT2D eigenvalue weighted by atomic mass is 32.1. The third-order valence-corrected chi connectivity index (χ3v) is 5.59. The monoisotopic (exact) mass is 386 g/mol. The number of nitrogens with one attached hydrogen (secondary N) is 1. The number of carbonyl (C=O) groups is 1. The maximum absolute atomic E-state index is 12.6. The van der Waals surface area contributed by atoms with E-state index in [4.69, 9.17) is 9.15 Å². The number of aromatic amines is 1. The number of H-pyrrole nitrogens is 1. The minimum Gasteiger partial charge on any atom is -0.464 e. The fourth-order valence-electron chi connectivity index (χ4n) is 2.62. The maximum atomic E-state index is 12.6. The molecule has 4 heterocycles. The first-order valence-corrected chi connectivity index (χ1v) is 9.65. The van der Waals surface area contributed by atoms with Crippen molar-refractivity contribution in [1.29, 1.82) is 0 Å². The van der Waals surface area contributed by atoms with Gasteiger partial charge in [0.05, 0.1) is 18.1 Å². The molecule has 0 aliphatic carbocycles. The molecule has 4 aromatic heterocycles. The van der Waals surface area contributed by atoms with Gasteiger partial charge in [-0.1, -0.05) is 6.07 Å². The Kier molecular flexibility index (Phi) is 4.44. The van der Waals surface area contributed by atoms with Gasteiger partial charge in [0.2, 0.25) is 0 Å². The Morgan fingerprint density at radius 1 is 1.35 bits per heavy atom. The predicted octanol–water partition coefficient (Wildman–Crippen LogP) is 4.15. The van der Waals surface area contributed by atoms with E-state index in [1.807, 2.05) is 22.9 Å². The van der Waals surface area contributed by atoms with Crippen LogP contribution in [-0.4, -0.2) is 15.9 Å². The van der Waals surface area contributed by atoms with Crippen molar-refractivity contribution in [3.8, 4) is 11.3 Å². The van der Waals surface area contributed by atoms with Gasteiger partial charge in [0.15, 0.2) is 11.9 Å². The van der Waals surface area contributed by atoms with Crippen LogP contribution < -0.4 is 5.56 Å². The lowest BCUT2D eigenvalue weighted by Crippen LogP contribution is -2.17. The predicted molar refractivity (Wildman–Crippen MR) is 100 cm³/mol. The molecule has 1 N–H and O–H groups in total. The molecule has 6 nitrogen and oxygen atoms in total. The van der Waals surface area contributed by atoms with Crippen LogP contribution >= 0.6 is 22.7 Å². The third-order valence-electron chi connectivity index (χ3n) is 3.84. The average Bonchev–Trinajstić information content (AvgIpc) is 3.35. The zero-order valence-corrected chi connectivity index (χ0v) is 15.4. The Labute approximate surface area is 156 Å². The lowest BCUT2D eigenvalue weighted by Gasteiger charge is -2.12. The highest BCUT2D eigenvalue weighted by Gasteiger charge is 2.19. The first kappa shape index (κ1) is 16.7. The van der Waals surface area contributed by atoms with E-state index in [1.165, 1.54) is 22.7 Å². The van der Waals surface area contributed by atoms with Gasteiger partial charge in [-0.25, -0.2) is 4.98 Å². The normalized spacial score (nSPS) is 12.3. The van der Waals surface area contributed by atoms with Crippen molar-refractivity contribution < 1.29 is 13.9 Å². The van der Waals surface area contributed by atoms with Gasteiger partial charge in [-0.05, 0) is 30.5 Å². The number of carbonyl (C=O) groups excluding carboxylic acids is 1. The molecule has 0 fully saturated rings. The lowest BCUT2D eigenvalue weighted by atomic mass is 10.2. The number of hydrogen-bond acceptors (Lipinski definition) is 7. The van der Waals surface area contributed by atoms with E-state index in [0.29, 0.717) is 27.4 Å². The highest BCUT2D eigenvalue weighted by molar-refractivity contribution is 7.17. The maximum Gasteiger partial charge on any atom is 0.311 e. The summed E-state index contributed by atoms with van der Waals surface area (Å²) in [5.41, 5.74) is 0.427. The van der Waals surface area contributed by atoms with E-state index in [1.54, 1.807) is 25.3 Å². The van der Waals surface area contributed by atoms with Crippen molar-refractivity contribution in [2.45, 2.75) is 19.4 Å². The summed E-state index contributed by atoms with van der Waals surface area (Å²) in [5.74, 6) is 0.590. The van der Waals surface area contributed by atoms with Crippen molar-refractivity contribution in [3.05, 3.63) is 62.3 Å². The molecule has 26 heavy (non-hydrogen) atoms. The summed E-state index contributed by atoms with van der Waals surface area (Å²) in [6.45, 7) is 1.69. The van der Waals surface area contributed by atoms with Crippen LogP contribution in [0.2, 0.25) is 0 Å². The Bertz CT molecular complexity index is 1090. The molecular formula is C18H14N2O4S2. The number of nitrogens with zero attached hydrogens (tertiary/aromatic N) is 1. The van der Waals surface area contributed by atoms with Crippen molar-refractivity contribution in [2.24, 2.45) is 0 Å². The van der Waals surface area contributed by atoms with Crippen LogP contribution in [0.5, 0.6) is 0 Å². The van der Waals surface area contributed by atoms with Crippen LogP contribution in [0.3, 0.4) is 0 Å². The van der Waals surface area contributed by atoms with Gasteiger partial charge >= 0.3 is 5.97 Å². The van der Waals surface area contributed by atoms with Gasteiger partial charge < -0.3 is 14.1 Å². The second-order valence-electron chi connectivity index (χ2n) is 5.65. The Morgan fingerprint density at radius 2 is 2.23 bits per heavy atom.